The number of carbonyl (C=O) groups excluding carboxylic acids is 1. The number of imidazole rings is 1. The van der Waals surface area contributed by atoms with E-state index in [2.05, 4.69) is 17.2 Å². The van der Waals surface area contributed by atoms with Gasteiger partial charge in [0.1, 0.15) is 0 Å². The molecule has 9 heteroatoms. The number of primary sulfonamides is 1. The molecule has 1 heterocycles. The van der Waals surface area contributed by atoms with Crippen LogP contribution in [0.5, 0.6) is 0 Å². The largest absolute Gasteiger partial charge is 0.352 e. The van der Waals surface area contributed by atoms with Gasteiger partial charge in [-0.25, -0.2) is 18.5 Å². The molecule has 0 spiro atoms. The number of carbonyl (C=O) groups is 1. The molecule has 1 aromatic heterocycles. The molecule has 2 aliphatic rings. The molecule has 30 heavy (non-hydrogen) atoms. The summed E-state index contributed by atoms with van der Waals surface area (Å²) < 4.78 is 25.3. The first kappa shape index (κ1) is 21.6. The number of nitrogens with one attached hydrogen (secondary N) is 1. The van der Waals surface area contributed by atoms with E-state index in [0.29, 0.717) is 23.1 Å². The maximum atomic E-state index is 12.9. The summed E-state index contributed by atoms with van der Waals surface area (Å²) in [6.07, 6.45) is 5.23. The zero-order valence-electron chi connectivity index (χ0n) is 17.7. The maximum absolute atomic E-state index is 12.9. The lowest BCUT2D eigenvalue weighted by atomic mass is 9.84. The number of rotatable bonds is 7. The normalized spacial score (nSPS) is 25.5. The Morgan fingerprint density at radius 3 is 2.70 bits per heavy atom. The van der Waals surface area contributed by atoms with E-state index in [1.807, 2.05) is 18.4 Å². The van der Waals surface area contributed by atoms with Crippen LogP contribution in [0.25, 0.3) is 11.0 Å². The third kappa shape index (κ3) is 4.11. The monoisotopic (exact) mass is 450 g/mol. The molecule has 5 unspecified atom stereocenters. The van der Waals surface area contributed by atoms with E-state index in [0.717, 1.165) is 17.4 Å². The summed E-state index contributed by atoms with van der Waals surface area (Å²) in [6.45, 7) is 6.70. The molecule has 2 saturated carbocycles. The minimum absolute atomic E-state index is 0.0233. The Morgan fingerprint density at radius 1 is 1.33 bits per heavy atom. The molecular weight excluding hydrogens is 420 g/mol. The van der Waals surface area contributed by atoms with Crippen molar-refractivity contribution in [1.82, 2.24) is 14.9 Å². The zero-order valence-corrected chi connectivity index (χ0v) is 19.3. The van der Waals surface area contributed by atoms with Crippen LogP contribution in [0.2, 0.25) is 0 Å². The summed E-state index contributed by atoms with van der Waals surface area (Å²) in [5, 5.41) is 8.88. The van der Waals surface area contributed by atoms with Gasteiger partial charge in [-0.3, -0.25) is 4.79 Å². The van der Waals surface area contributed by atoms with E-state index in [4.69, 9.17) is 5.14 Å². The van der Waals surface area contributed by atoms with Crippen molar-refractivity contribution < 1.29 is 13.2 Å². The van der Waals surface area contributed by atoms with Crippen LogP contribution in [0.4, 0.5) is 0 Å². The van der Waals surface area contributed by atoms with Crippen LogP contribution in [0.15, 0.2) is 28.3 Å². The van der Waals surface area contributed by atoms with Gasteiger partial charge in [-0.1, -0.05) is 18.2 Å². The first-order valence-corrected chi connectivity index (χ1v) is 13.1. The highest BCUT2D eigenvalue weighted by Crippen LogP contribution is 2.49. The van der Waals surface area contributed by atoms with Gasteiger partial charge in [0.05, 0.1) is 21.2 Å². The van der Waals surface area contributed by atoms with Crippen LogP contribution in [-0.2, 0) is 21.4 Å². The molecule has 5 atom stereocenters. The number of aryl methyl sites for hydroxylation is 1. The summed E-state index contributed by atoms with van der Waals surface area (Å²) >= 11 is 1.40. The molecule has 2 bridgehead atoms. The Morgan fingerprint density at radius 2 is 2.10 bits per heavy atom. The van der Waals surface area contributed by atoms with E-state index >= 15 is 0 Å². The molecule has 7 nitrogen and oxygen atoms in total. The van der Waals surface area contributed by atoms with Crippen LogP contribution in [0.3, 0.4) is 0 Å². The van der Waals surface area contributed by atoms with Gasteiger partial charge in [-0.05, 0) is 76.0 Å². The second-order valence-corrected chi connectivity index (χ2v) is 11.6. The number of nitrogens with zero attached hydrogens (tertiary/aromatic N) is 2. The van der Waals surface area contributed by atoms with Crippen LogP contribution in [-0.4, -0.2) is 35.2 Å². The molecule has 164 valence electrons. The van der Waals surface area contributed by atoms with Crippen molar-refractivity contribution in [2.24, 2.45) is 22.9 Å². The SMILES string of the molecule is CCn1c(SC(C)C(=O)NC(C)C2CC3CCC2C3)nc2cc(S(N)(=O)=O)ccc21. The molecule has 3 N–H and O–H groups in total. The summed E-state index contributed by atoms with van der Waals surface area (Å²) in [5.74, 6) is 2.25. The predicted molar refractivity (Wildman–Crippen MR) is 119 cm³/mol. The number of benzene rings is 1. The van der Waals surface area contributed by atoms with Gasteiger partial charge in [0.25, 0.3) is 0 Å². The number of fused-ring (bicyclic) bond motifs is 3. The first-order valence-electron chi connectivity index (χ1n) is 10.7. The van der Waals surface area contributed by atoms with Gasteiger partial charge in [0, 0.05) is 12.6 Å². The van der Waals surface area contributed by atoms with Gasteiger partial charge in [0.15, 0.2) is 5.16 Å². The number of nitrogens with two attached hydrogens (primary N) is 1. The topological polar surface area (TPSA) is 107 Å². The number of amides is 1. The minimum atomic E-state index is -3.79. The highest BCUT2D eigenvalue weighted by molar-refractivity contribution is 8.00. The molecule has 4 rings (SSSR count). The van der Waals surface area contributed by atoms with Crippen molar-refractivity contribution >= 4 is 38.7 Å². The second-order valence-electron chi connectivity index (χ2n) is 8.73. The molecule has 0 saturated heterocycles. The van der Waals surface area contributed by atoms with Crippen molar-refractivity contribution in [2.75, 3.05) is 0 Å². The van der Waals surface area contributed by atoms with E-state index in [-0.39, 0.29) is 22.1 Å². The maximum Gasteiger partial charge on any atom is 0.238 e. The number of thioether (sulfide) groups is 1. The molecule has 0 aliphatic heterocycles. The average Bonchev–Trinajstić information content (AvgIpc) is 3.40. The van der Waals surface area contributed by atoms with Crippen molar-refractivity contribution in [1.29, 1.82) is 0 Å². The molecule has 1 amide bonds. The standard InChI is InChI=1S/C21H30N4O3S2/c1-4-25-19-8-7-16(30(22,27)28)11-18(19)24-21(25)29-13(3)20(26)23-12(2)17-10-14-5-6-15(17)9-14/h7-8,11-15,17H,4-6,9-10H2,1-3H3,(H,23,26)(H2,22,27,28). The van der Waals surface area contributed by atoms with E-state index in [9.17, 15) is 13.2 Å². The van der Waals surface area contributed by atoms with Crippen LogP contribution in [0, 0.1) is 17.8 Å². The van der Waals surface area contributed by atoms with Gasteiger partial charge >= 0.3 is 0 Å². The molecule has 2 fully saturated rings. The molecule has 2 aliphatic carbocycles. The lowest BCUT2D eigenvalue weighted by Crippen LogP contribution is -2.43. The third-order valence-electron chi connectivity index (χ3n) is 6.79. The van der Waals surface area contributed by atoms with Crippen LogP contribution >= 0.6 is 11.8 Å². The van der Waals surface area contributed by atoms with Gasteiger partial charge in [-0.2, -0.15) is 0 Å². The van der Waals surface area contributed by atoms with Crippen molar-refractivity contribution in [3.63, 3.8) is 0 Å². The number of sulfonamides is 1. The highest BCUT2D eigenvalue weighted by Gasteiger charge is 2.42. The Labute approximate surface area is 182 Å². The number of hydrogen-bond acceptors (Lipinski definition) is 5. The first-order chi connectivity index (χ1) is 14.2. The lowest BCUT2D eigenvalue weighted by Gasteiger charge is -2.29. The minimum Gasteiger partial charge on any atom is -0.352 e. The molecule has 0 radical (unpaired) electrons. The fraction of sp³-hybridized carbons (Fsp3) is 0.619. The van der Waals surface area contributed by atoms with Gasteiger partial charge in [-0.15, -0.1) is 0 Å². The average molecular weight is 451 g/mol. The van der Waals surface area contributed by atoms with Crippen molar-refractivity contribution in [3.05, 3.63) is 18.2 Å². The third-order valence-corrected chi connectivity index (χ3v) is 8.79. The van der Waals surface area contributed by atoms with Crippen molar-refractivity contribution in [2.45, 2.75) is 74.3 Å². The molecule has 1 aromatic carbocycles. The molecular formula is C21H30N4O3S2. The highest BCUT2D eigenvalue weighted by atomic mass is 32.2. The number of aromatic nitrogens is 2. The Balaban J connectivity index is 1.47. The lowest BCUT2D eigenvalue weighted by molar-refractivity contribution is -0.121. The summed E-state index contributed by atoms with van der Waals surface area (Å²) in [6, 6.07) is 4.89. The van der Waals surface area contributed by atoms with E-state index < -0.39 is 10.0 Å². The molecule has 2 aromatic rings. The smallest absolute Gasteiger partial charge is 0.238 e. The van der Waals surface area contributed by atoms with Crippen LogP contribution in [0.1, 0.15) is 46.5 Å². The Hall–Kier alpha value is -1.58. The fourth-order valence-electron chi connectivity index (χ4n) is 5.23. The van der Waals surface area contributed by atoms with Crippen molar-refractivity contribution in [3.8, 4) is 0 Å². The summed E-state index contributed by atoms with van der Waals surface area (Å²) in [4.78, 5) is 17.5. The fourth-order valence-corrected chi connectivity index (χ4v) is 6.76. The van der Waals surface area contributed by atoms with E-state index in [1.165, 1.54) is 49.6 Å². The Kier molecular flexibility index (Phi) is 5.89. The summed E-state index contributed by atoms with van der Waals surface area (Å²) in [5.41, 5.74) is 1.39. The second kappa shape index (κ2) is 8.16. The van der Waals surface area contributed by atoms with Gasteiger partial charge in [0.2, 0.25) is 15.9 Å². The van der Waals surface area contributed by atoms with Crippen LogP contribution < -0.4 is 10.5 Å². The number of hydrogen-bond donors (Lipinski definition) is 2. The zero-order chi connectivity index (χ0) is 21.6. The summed E-state index contributed by atoms with van der Waals surface area (Å²) in [7, 11) is -3.79. The Bertz CT molecular complexity index is 1070. The predicted octanol–water partition coefficient (Wildman–Crippen LogP) is 3.13. The van der Waals surface area contributed by atoms with E-state index in [1.54, 1.807) is 6.07 Å². The van der Waals surface area contributed by atoms with Gasteiger partial charge < -0.3 is 9.88 Å². The quantitative estimate of drug-likeness (QED) is 0.630.